The minimum absolute atomic E-state index is 0.254. The highest BCUT2D eigenvalue weighted by molar-refractivity contribution is 5.86. The van der Waals surface area contributed by atoms with E-state index in [9.17, 15) is 0 Å². The van der Waals surface area contributed by atoms with Gasteiger partial charge in [-0.15, -0.1) is 0 Å². The predicted molar refractivity (Wildman–Crippen MR) is 86.0 cm³/mol. The molecule has 1 saturated heterocycles. The molecule has 3 aromatic rings. The van der Waals surface area contributed by atoms with E-state index in [-0.39, 0.29) is 6.10 Å². The first-order chi connectivity index (χ1) is 10.4. The molecule has 0 N–H and O–H groups in total. The van der Waals surface area contributed by atoms with Crippen LogP contribution in [0.1, 0.15) is 11.7 Å². The molecule has 1 aliphatic rings. The van der Waals surface area contributed by atoms with Gasteiger partial charge in [-0.05, 0) is 27.8 Å². The Bertz CT molecular complexity index is 743. The van der Waals surface area contributed by atoms with E-state index >= 15 is 0 Å². The second-order valence-corrected chi connectivity index (χ2v) is 5.32. The van der Waals surface area contributed by atoms with Crippen molar-refractivity contribution < 1.29 is 4.74 Å². The van der Waals surface area contributed by atoms with E-state index in [0.717, 1.165) is 6.61 Å². The zero-order chi connectivity index (χ0) is 14.1. The summed E-state index contributed by atoms with van der Waals surface area (Å²) < 4.78 is 5.55. The molecule has 4 rings (SSSR count). The van der Waals surface area contributed by atoms with E-state index < -0.39 is 0 Å². The Hall–Kier alpha value is -2.38. The second kappa shape index (κ2) is 5.19. The van der Waals surface area contributed by atoms with Gasteiger partial charge in [-0.2, -0.15) is 0 Å². The molecule has 0 aliphatic carbocycles. The third kappa shape index (κ3) is 2.37. The SMILES string of the molecule is c1ccc(-c2cccc(C3CO3)c2-c2ccccc2)cc1. The number of benzene rings is 3. The van der Waals surface area contributed by atoms with Gasteiger partial charge in [0.15, 0.2) is 0 Å². The van der Waals surface area contributed by atoms with Crippen LogP contribution in [0.15, 0.2) is 78.9 Å². The largest absolute Gasteiger partial charge is 0.368 e. The number of rotatable bonds is 3. The van der Waals surface area contributed by atoms with Gasteiger partial charge in [0.1, 0.15) is 6.10 Å². The lowest BCUT2D eigenvalue weighted by atomic mass is 9.89. The summed E-state index contributed by atoms with van der Waals surface area (Å²) >= 11 is 0. The van der Waals surface area contributed by atoms with Crippen molar-refractivity contribution in [1.82, 2.24) is 0 Å². The lowest BCUT2D eigenvalue weighted by molar-refractivity contribution is 0.416. The molecule has 102 valence electrons. The minimum atomic E-state index is 0.254. The van der Waals surface area contributed by atoms with Crippen LogP contribution in [-0.4, -0.2) is 6.61 Å². The van der Waals surface area contributed by atoms with Crippen molar-refractivity contribution in [2.75, 3.05) is 6.61 Å². The molecule has 1 atom stereocenters. The Morgan fingerprint density at radius 2 is 1.29 bits per heavy atom. The highest BCUT2D eigenvalue weighted by Crippen LogP contribution is 2.42. The maximum absolute atomic E-state index is 5.55. The lowest BCUT2D eigenvalue weighted by Gasteiger charge is -2.14. The molecular formula is C20H16O. The summed E-state index contributed by atoms with van der Waals surface area (Å²) in [5.41, 5.74) is 6.37. The summed E-state index contributed by atoms with van der Waals surface area (Å²) in [5.74, 6) is 0. The molecule has 3 aromatic carbocycles. The van der Waals surface area contributed by atoms with Crippen LogP contribution in [0.5, 0.6) is 0 Å². The smallest absolute Gasteiger partial charge is 0.107 e. The fourth-order valence-electron chi connectivity index (χ4n) is 2.85. The zero-order valence-electron chi connectivity index (χ0n) is 11.7. The van der Waals surface area contributed by atoms with E-state index in [4.69, 9.17) is 4.74 Å². The quantitative estimate of drug-likeness (QED) is 0.605. The maximum Gasteiger partial charge on any atom is 0.107 e. The first-order valence-corrected chi connectivity index (χ1v) is 7.29. The monoisotopic (exact) mass is 272 g/mol. The van der Waals surface area contributed by atoms with Crippen molar-refractivity contribution in [1.29, 1.82) is 0 Å². The molecule has 0 radical (unpaired) electrons. The number of hydrogen-bond acceptors (Lipinski definition) is 1. The average Bonchev–Trinajstić information content (AvgIpc) is 3.41. The van der Waals surface area contributed by atoms with Crippen molar-refractivity contribution in [3.8, 4) is 22.3 Å². The fraction of sp³-hybridized carbons (Fsp3) is 0.100. The molecule has 1 nitrogen and oxygen atoms in total. The summed E-state index contributed by atoms with van der Waals surface area (Å²) in [4.78, 5) is 0. The maximum atomic E-state index is 5.55. The molecule has 1 heteroatoms. The molecule has 1 heterocycles. The summed E-state index contributed by atoms with van der Waals surface area (Å²) in [6.45, 7) is 0.831. The number of hydrogen-bond donors (Lipinski definition) is 0. The van der Waals surface area contributed by atoms with Gasteiger partial charge in [0.25, 0.3) is 0 Å². The highest BCUT2D eigenvalue weighted by Gasteiger charge is 2.28. The molecule has 0 amide bonds. The van der Waals surface area contributed by atoms with Crippen LogP contribution in [0.2, 0.25) is 0 Å². The molecule has 1 fully saturated rings. The molecule has 1 unspecified atom stereocenters. The first kappa shape index (κ1) is 12.4. The van der Waals surface area contributed by atoms with Gasteiger partial charge < -0.3 is 4.74 Å². The predicted octanol–water partition coefficient (Wildman–Crippen LogP) is 5.09. The van der Waals surface area contributed by atoms with Gasteiger partial charge in [0, 0.05) is 0 Å². The molecule has 21 heavy (non-hydrogen) atoms. The Morgan fingerprint density at radius 1 is 0.667 bits per heavy atom. The summed E-state index contributed by atoms with van der Waals surface area (Å²) in [5, 5.41) is 0. The van der Waals surface area contributed by atoms with Gasteiger partial charge >= 0.3 is 0 Å². The van der Waals surface area contributed by atoms with Crippen LogP contribution in [0.3, 0.4) is 0 Å². The van der Waals surface area contributed by atoms with Crippen LogP contribution in [0.25, 0.3) is 22.3 Å². The van der Waals surface area contributed by atoms with Crippen LogP contribution in [-0.2, 0) is 4.74 Å². The van der Waals surface area contributed by atoms with Crippen molar-refractivity contribution >= 4 is 0 Å². The zero-order valence-corrected chi connectivity index (χ0v) is 11.7. The molecule has 0 saturated carbocycles. The highest BCUT2D eigenvalue weighted by atomic mass is 16.6. The Labute approximate surface area is 124 Å². The Morgan fingerprint density at radius 3 is 1.90 bits per heavy atom. The van der Waals surface area contributed by atoms with Crippen molar-refractivity contribution in [3.05, 3.63) is 84.4 Å². The average molecular weight is 272 g/mol. The fourth-order valence-corrected chi connectivity index (χ4v) is 2.85. The normalized spacial score (nSPS) is 16.7. The van der Waals surface area contributed by atoms with Crippen LogP contribution >= 0.6 is 0 Å². The van der Waals surface area contributed by atoms with Gasteiger partial charge in [0.2, 0.25) is 0 Å². The van der Waals surface area contributed by atoms with Gasteiger partial charge in [-0.3, -0.25) is 0 Å². The van der Waals surface area contributed by atoms with Gasteiger partial charge in [0.05, 0.1) is 6.61 Å². The van der Waals surface area contributed by atoms with E-state index in [1.54, 1.807) is 0 Å². The topological polar surface area (TPSA) is 12.5 Å². The van der Waals surface area contributed by atoms with Crippen molar-refractivity contribution in [2.45, 2.75) is 6.10 Å². The second-order valence-electron chi connectivity index (χ2n) is 5.32. The van der Waals surface area contributed by atoms with E-state index in [2.05, 4.69) is 78.9 Å². The van der Waals surface area contributed by atoms with Crippen LogP contribution < -0.4 is 0 Å². The van der Waals surface area contributed by atoms with Gasteiger partial charge in [-0.25, -0.2) is 0 Å². The Kier molecular flexibility index (Phi) is 3.06. The lowest BCUT2D eigenvalue weighted by Crippen LogP contribution is -1.92. The minimum Gasteiger partial charge on any atom is -0.368 e. The van der Waals surface area contributed by atoms with E-state index in [0.29, 0.717) is 0 Å². The third-order valence-corrected chi connectivity index (χ3v) is 3.92. The molecule has 0 bridgehead atoms. The number of epoxide rings is 1. The summed E-state index contributed by atoms with van der Waals surface area (Å²) in [7, 11) is 0. The van der Waals surface area contributed by atoms with Crippen LogP contribution in [0, 0.1) is 0 Å². The molecule has 1 aliphatic heterocycles. The summed E-state index contributed by atoms with van der Waals surface area (Å²) in [6, 6.07) is 27.7. The molecular weight excluding hydrogens is 256 g/mol. The molecule has 0 aromatic heterocycles. The van der Waals surface area contributed by atoms with Gasteiger partial charge in [-0.1, -0.05) is 78.9 Å². The van der Waals surface area contributed by atoms with Crippen LogP contribution in [0.4, 0.5) is 0 Å². The third-order valence-electron chi connectivity index (χ3n) is 3.92. The summed E-state index contributed by atoms with van der Waals surface area (Å²) in [6.07, 6.45) is 0.254. The number of ether oxygens (including phenoxy) is 1. The van der Waals surface area contributed by atoms with E-state index in [1.165, 1.54) is 27.8 Å². The van der Waals surface area contributed by atoms with Crippen molar-refractivity contribution in [3.63, 3.8) is 0 Å². The Balaban J connectivity index is 1.97. The molecule has 0 spiro atoms. The van der Waals surface area contributed by atoms with E-state index in [1.807, 2.05) is 0 Å². The van der Waals surface area contributed by atoms with Crippen molar-refractivity contribution in [2.24, 2.45) is 0 Å². The first-order valence-electron chi connectivity index (χ1n) is 7.29. The standard InChI is InChI=1S/C20H16O/c1-3-8-15(9-4-1)17-12-7-13-18(19-14-21-19)20(17)16-10-5-2-6-11-16/h1-13,19H,14H2.